The van der Waals surface area contributed by atoms with Crippen molar-refractivity contribution in [3.8, 4) is 0 Å². The summed E-state index contributed by atoms with van der Waals surface area (Å²) in [5.41, 5.74) is 11.8. The first kappa shape index (κ1) is 16.1. The summed E-state index contributed by atoms with van der Waals surface area (Å²) in [6.07, 6.45) is 4.43. The normalized spacial score (nSPS) is 12.1. The Morgan fingerprint density at radius 2 is 1.96 bits per heavy atom. The number of rotatable bonds is 5. The van der Waals surface area contributed by atoms with Crippen LogP contribution in [0.5, 0.6) is 0 Å². The Bertz CT molecular complexity index is 865. The molecule has 0 aliphatic heterocycles. The lowest BCUT2D eigenvalue weighted by Crippen LogP contribution is -2.27. The third-order valence-corrected chi connectivity index (χ3v) is 3.85. The van der Waals surface area contributed by atoms with Crippen LogP contribution in [0.15, 0.2) is 64.8 Å². The summed E-state index contributed by atoms with van der Waals surface area (Å²) in [6.45, 7) is 0.586. The molecule has 0 fully saturated rings. The number of hydrogen-bond donors (Lipinski definition) is 3. The van der Waals surface area contributed by atoms with Gasteiger partial charge in [-0.1, -0.05) is 41.9 Å². The molecule has 0 unspecified atom stereocenters. The molecule has 0 saturated heterocycles. The maximum absolute atomic E-state index is 5.86. The Kier molecular flexibility index (Phi) is 5.13. The van der Waals surface area contributed by atoms with Crippen LogP contribution in [0.1, 0.15) is 11.1 Å². The summed E-state index contributed by atoms with van der Waals surface area (Å²) in [5.74, 6) is 0.292. The van der Waals surface area contributed by atoms with E-state index in [0.717, 1.165) is 27.9 Å². The number of nitrogens with two attached hydrogens (primary N) is 1. The maximum Gasteiger partial charge on any atom is 0.209 e. The molecule has 3 rings (SSSR count). The number of benzene rings is 2. The van der Waals surface area contributed by atoms with E-state index in [9.17, 15) is 0 Å². The number of para-hydroxylation sites is 1. The lowest BCUT2D eigenvalue weighted by Gasteiger charge is -2.01. The fourth-order valence-corrected chi connectivity index (χ4v) is 2.49. The molecule has 122 valence electrons. The summed E-state index contributed by atoms with van der Waals surface area (Å²) >= 11 is 5.86. The fraction of sp³-hybridized carbons (Fsp3) is 0.111. The van der Waals surface area contributed by atoms with Crippen molar-refractivity contribution >= 4 is 34.7 Å². The molecule has 2 aromatic carbocycles. The number of nitrogens with one attached hydrogen (secondary N) is 2. The standard InChI is InChI=1S/C18H18ClN5/c19-15-7-5-13(6-8-15)9-10-21-18(20)24-23-12-14-11-22-17-4-2-1-3-16(14)17/h1-8,11-12,22H,9-10H2,(H3,20,21,24)/b23-12+. The highest BCUT2D eigenvalue weighted by molar-refractivity contribution is 6.30. The van der Waals surface area contributed by atoms with E-state index in [0.29, 0.717) is 12.5 Å². The number of guanidine groups is 1. The van der Waals surface area contributed by atoms with Gasteiger partial charge in [-0.25, -0.2) is 5.43 Å². The van der Waals surface area contributed by atoms with E-state index in [4.69, 9.17) is 17.3 Å². The minimum Gasteiger partial charge on any atom is -0.369 e. The summed E-state index contributed by atoms with van der Waals surface area (Å²) < 4.78 is 0. The highest BCUT2D eigenvalue weighted by atomic mass is 35.5. The van der Waals surface area contributed by atoms with Crippen LogP contribution in [0.4, 0.5) is 0 Å². The third kappa shape index (κ3) is 4.14. The predicted octanol–water partition coefficient (Wildman–Crippen LogP) is 3.30. The molecule has 4 N–H and O–H groups in total. The number of fused-ring (bicyclic) bond motifs is 1. The van der Waals surface area contributed by atoms with Gasteiger partial charge in [-0.15, -0.1) is 0 Å². The van der Waals surface area contributed by atoms with Crippen molar-refractivity contribution in [2.45, 2.75) is 6.42 Å². The molecule has 0 bridgehead atoms. The summed E-state index contributed by atoms with van der Waals surface area (Å²) in [5, 5.41) is 5.98. The van der Waals surface area contributed by atoms with E-state index >= 15 is 0 Å². The molecular formula is C18H18ClN5. The van der Waals surface area contributed by atoms with Gasteiger partial charge in [0.2, 0.25) is 5.96 Å². The Hall–Kier alpha value is -2.79. The minimum absolute atomic E-state index is 0.292. The van der Waals surface area contributed by atoms with Gasteiger partial charge in [0, 0.05) is 34.2 Å². The summed E-state index contributed by atoms with van der Waals surface area (Å²) in [6, 6.07) is 15.7. The Morgan fingerprint density at radius 1 is 1.17 bits per heavy atom. The summed E-state index contributed by atoms with van der Waals surface area (Å²) in [7, 11) is 0. The molecule has 0 amide bonds. The molecular weight excluding hydrogens is 322 g/mol. The average molecular weight is 340 g/mol. The number of nitrogens with zero attached hydrogens (tertiary/aromatic N) is 2. The van der Waals surface area contributed by atoms with Crippen LogP contribution in [0.25, 0.3) is 10.9 Å². The van der Waals surface area contributed by atoms with E-state index in [1.807, 2.05) is 54.7 Å². The first-order valence-corrected chi connectivity index (χ1v) is 8.00. The monoisotopic (exact) mass is 339 g/mol. The van der Waals surface area contributed by atoms with Crippen LogP contribution in [0, 0.1) is 0 Å². The molecule has 24 heavy (non-hydrogen) atoms. The molecule has 0 spiro atoms. The SMILES string of the molecule is NC(=NCCc1ccc(Cl)cc1)N/N=C/c1c[nH]c2ccccc12. The van der Waals surface area contributed by atoms with Crippen LogP contribution in [-0.2, 0) is 6.42 Å². The zero-order valence-electron chi connectivity index (χ0n) is 13.0. The molecule has 3 aromatic rings. The minimum atomic E-state index is 0.292. The van der Waals surface area contributed by atoms with Gasteiger partial charge in [-0.3, -0.25) is 4.99 Å². The largest absolute Gasteiger partial charge is 0.369 e. The highest BCUT2D eigenvalue weighted by Gasteiger charge is 1.99. The van der Waals surface area contributed by atoms with Crippen LogP contribution in [-0.4, -0.2) is 23.7 Å². The molecule has 0 aliphatic rings. The first-order valence-electron chi connectivity index (χ1n) is 7.62. The summed E-state index contributed by atoms with van der Waals surface area (Å²) in [4.78, 5) is 7.44. The number of hydrogen-bond acceptors (Lipinski definition) is 2. The van der Waals surface area contributed by atoms with Crippen molar-refractivity contribution < 1.29 is 0 Å². The van der Waals surface area contributed by atoms with Gasteiger partial charge < -0.3 is 10.7 Å². The highest BCUT2D eigenvalue weighted by Crippen LogP contribution is 2.15. The molecule has 0 radical (unpaired) electrons. The van der Waals surface area contributed by atoms with Crippen molar-refractivity contribution in [3.63, 3.8) is 0 Å². The molecule has 0 atom stereocenters. The van der Waals surface area contributed by atoms with Gasteiger partial charge in [0.15, 0.2) is 0 Å². The van der Waals surface area contributed by atoms with Crippen LogP contribution < -0.4 is 11.2 Å². The second kappa shape index (κ2) is 7.66. The molecule has 1 aromatic heterocycles. The third-order valence-electron chi connectivity index (χ3n) is 3.60. The van der Waals surface area contributed by atoms with Gasteiger partial charge in [-0.05, 0) is 30.2 Å². The van der Waals surface area contributed by atoms with Gasteiger partial charge in [0.1, 0.15) is 0 Å². The quantitative estimate of drug-likeness (QED) is 0.379. The Balaban J connectivity index is 1.52. The van der Waals surface area contributed by atoms with Crippen LogP contribution in [0.2, 0.25) is 5.02 Å². The number of hydrazone groups is 1. The zero-order valence-corrected chi connectivity index (χ0v) is 13.8. The smallest absolute Gasteiger partial charge is 0.209 e. The maximum atomic E-state index is 5.86. The van der Waals surface area contributed by atoms with Gasteiger partial charge in [0.25, 0.3) is 0 Å². The Morgan fingerprint density at radius 3 is 2.79 bits per heavy atom. The van der Waals surface area contributed by atoms with Crippen LogP contribution in [0.3, 0.4) is 0 Å². The zero-order chi connectivity index (χ0) is 16.8. The van der Waals surface area contributed by atoms with Crippen molar-refractivity contribution in [3.05, 3.63) is 70.9 Å². The molecule has 0 aliphatic carbocycles. The topological polar surface area (TPSA) is 78.6 Å². The fourth-order valence-electron chi connectivity index (χ4n) is 2.36. The molecule has 6 heteroatoms. The van der Waals surface area contributed by atoms with E-state index in [1.165, 1.54) is 5.56 Å². The van der Waals surface area contributed by atoms with Gasteiger partial charge >= 0.3 is 0 Å². The Labute approximate surface area is 145 Å². The van der Waals surface area contributed by atoms with Crippen molar-refractivity contribution in [1.29, 1.82) is 0 Å². The van der Waals surface area contributed by atoms with Gasteiger partial charge in [0.05, 0.1) is 6.21 Å². The van der Waals surface area contributed by atoms with E-state index in [-0.39, 0.29) is 0 Å². The van der Waals surface area contributed by atoms with E-state index < -0.39 is 0 Å². The second-order valence-corrected chi connectivity index (χ2v) is 5.74. The van der Waals surface area contributed by atoms with Gasteiger partial charge in [-0.2, -0.15) is 5.10 Å². The molecule has 5 nitrogen and oxygen atoms in total. The van der Waals surface area contributed by atoms with E-state index in [1.54, 1.807) is 6.21 Å². The number of halogens is 1. The number of H-pyrrole nitrogens is 1. The first-order chi connectivity index (χ1) is 11.7. The number of aromatic amines is 1. The number of aliphatic imine (C=N–C) groups is 1. The lowest BCUT2D eigenvalue weighted by atomic mass is 10.1. The van der Waals surface area contributed by atoms with E-state index in [2.05, 4.69) is 20.5 Å². The van der Waals surface area contributed by atoms with Crippen molar-refractivity contribution in [2.24, 2.45) is 15.8 Å². The van der Waals surface area contributed by atoms with Crippen LogP contribution >= 0.6 is 11.6 Å². The van der Waals surface area contributed by atoms with Crippen molar-refractivity contribution in [1.82, 2.24) is 10.4 Å². The average Bonchev–Trinajstić information content (AvgIpc) is 3.00. The molecule has 0 saturated carbocycles. The number of aromatic nitrogens is 1. The predicted molar refractivity (Wildman–Crippen MR) is 101 cm³/mol. The van der Waals surface area contributed by atoms with Crippen molar-refractivity contribution in [2.75, 3.05) is 6.54 Å². The molecule has 1 heterocycles. The second-order valence-electron chi connectivity index (χ2n) is 5.30. The lowest BCUT2D eigenvalue weighted by molar-refractivity contribution is 0.926.